The summed E-state index contributed by atoms with van der Waals surface area (Å²) in [5, 5.41) is 12.8. The van der Waals surface area contributed by atoms with Crippen molar-refractivity contribution in [1.29, 1.82) is 0 Å². The molecule has 0 atom stereocenters. The van der Waals surface area contributed by atoms with E-state index in [1.807, 2.05) is 43.3 Å². The number of nitrogens with zero attached hydrogens (tertiary/aromatic N) is 5. The van der Waals surface area contributed by atoms with Crippen LogP contribution in [0.25, 0.3) is 22.8 Å². The highest BCUT2D eigenvalue weighted by atomic mass is 32.2. The average Bonchev–Trinajstić information content (AvgIpc) is 3.36. The molecule has 0 aliphatic heterocycles. The van der Waals surface area contributed by atoms with Crippen LogP contribution in [0.15, 0.2) is 63.0 Å². The quantitative estimate of drug-likeness (QED) is 0.348. The summed E-state index contributed by atoms with van der Waals surface area (Å²) in [6, 6.07) is 11.7. The van der Waals surface area contributed by atoms with Gasteiger partial charge in [0, 0.05) is 35.7 Å². The maximum absolute atomic E-state index is 5.71. The van der Waals surface area contributed by atoms with Gasteiger partial charge in [-0.25, -0.2) is 0 Å². The van der Waals surface area contributed by atoms with Crippen LogP contribution in [0.5, 0.6) is 0 Å². The zero-order valence-corrected chi connectivity index (χ0v) is 15.5. The molecular formula is C19H17N5O2S. The fraction of sp³-hybridized carbons (Fsp3) is 0.211. The van der Waals surface area contributed by atoms with Crippen molar-refractivity contribution < 1.29 is 8.94 Å². The molecule has 0 unspecified atom stereocenters. The SMILES string of the molecule is Cc1ccc(-c2nnc(SCCCc3nc(-c4ccncc4)no3)o2)cc1. The maximum Gasteiger partial charge on any atom is 0.276 e. The van der Waals surface area contributed by atoms with Gasteiger partial charge in [-0.3, -0.25) is 4.98 Å². The third kappa shape index (κ3) is 4.40. The molecule has 0 aliphatic carbocycles. The van der Waals surface area contributed by atoms with Gasteiger partial charge < -0.3 is 8.94 Å². The molecule has 0 N–H and O–H groups in total. The predicted octanol–water partition coefficient (Wildman–Crippen LogP) is 4.21. The van der Waals surface area contributed by atoms with E-state index in [-0.39, 0.29) is 0 Å². The number of hydrogen-bond donors (Lipinski definition) is 0. The number of pyridine rings is 1. The van der Waals surface area contributed by atoms with E-state index in [0.29, 0.717) is 29.2 Å². The van der Waals surface area contributed by atoms with Crippen LogP contribution >= 0.6 is 11.8 Å². The van der Waals surface area contributed by atoms with Crippen LogP contribution in [-0.4, -0.2) is 31.1 Å². The molecule has 0 aliphatic rings. The fourth-order valence-electron chi connectivity index (χ4n) is 2.44. The summed E-state index contributed by atoms with van der Waals surface area (Å²) in [5.41, 5.74) is 3.01. The van der Waals surface area contributed by atoms with Crippen molar-refractivity contribution in [3.05, 3.63) is 60.2 Å². The zero-order valence-electron chi connectivity index (χ0n) is 14.7. The molecule has 0 saturated heterocycles. The van der Waals surface area contributed by atoms with Gasteiger partial charge in [-0.1, -0.05) is 34.6 Å². The van der Waals surface area contributed by atoms with Crippen LogP contribution in [-0.2, 0) is 6.42 Å². The summed E-state index contributed by atoms with van der Waals surface area (Å²) in [6.45, 7) is 2.04. The molecule has 8 heteroatoms. The molecule has 27 heavy (non-hydrogen) atoms. The van der Waals surface area contributed by atoms with Crippen molar-refractivity contribution in [2.24, 2.45) is 0 Å². The Balaban J connectivity index is 1.27. The molecule has 1 aromatic carbocycles. The van der Waals surface area contributed by atoms with Crippen LogP contribution < -0.4 is 0 Å². The Hall–Kier alpha value is -3.00. The summed E-state index contributed by atoms with van der Waals surface area (Å²) in [6.07, 6.45) is 4.98. The van der Waals surface area contributed by atoms with E-state index in [4.69, 9.17) is 8.94 Å². The number of rotatable bonds is 7. The highest BCUT2D eigenvalue weighted by molar-refractivity contribution is 7.99. The Labute approximate surface area is 160 Å². The molecule has 0 saturated carbocycles. The Kier molecular flexibility index (Phi) is 5.24. The Bertz CT molecular complexity index is 998. The standard InChI is InChI=1S/C19H17N5O2S/c1-13-4-6-15(7-5-13)18-22-23-19(25-18)27-12-2-3-16-21-17(24-26-16)14-8-10-20-11-9-14/h4-11H,2-3,12H2,1H3. The molecule has 0 radical (unpaired) electrons. The normalized spacial score (nSPS) is 11.0. The molecule has 0 bridgehead atoms. The number of aryl methyl sites for hydroxylation is 2. The van der Waals surface area contributed by atoms with Gasteiger partial charge in [0.25, 0.3) is 5.22 Å². The highest BCUT2D eigenvalue weighted by Gasteiger charge is 2.11. The Morgan fingerprint density at radius 1 is 0.963 bits per heavy atom. The number of thioether (sulfide) groups is 1. The first-order valence-corrected chi connectivity index (χ1v) is 9.53. The summed E-state index contributed by atoms with van der Waals surface area (Å²) in [4.78, 5) is 8.39. The van der Waals surface area contributed by atoms with E-state index in [2.05, 4.69) is 25.3 Å². The molecule has 136 valence electrons. The lowest BCUT2D eigenvalue weighted by Crippen LogP contribution is -1.89. The maximum atomic E-state index is 5.71. The first-order valence-electron chi connectivity index (χ1n) is 8.54. The van der Waals surface area contributed by atoms with Crippen molar-refractivity contribution in [2.45, 2.75) is 25.0 Å². The number of hydrogen-bond acceptors (Lipinski definition) is 8. The minimum atomic E-state index is 0.538. The Morgan fingerprint density at radius 2 is 1.78 bits per heavy atom. The van der Waals surface area contributed by atoms with Crippen molar-refractivity contribution >= 4 is 11.8 Å². The second kappa shape index (κ2) is 8.13. The summed E-state index contributed by atoms with van der Waals surface area (Å²) in [5.74, 6) is 2.56. The number of benzene rings is 1. The van der Waals surface area contributed by atoms with E-state index >= 15 is 0 Å². The van der Waals surface area contributed by atoms with Crippen molar-refractivity contribution in [1.82, 2.24) is 25.3 Å². The van der Waals surface area contributed by atoms with Crippen molar-refractivity contribution in [2.75, 3.05) is 5.75 Å². The Morgan fingerprint density at radius 3 is 2.59 bits per heavy atom. The van der Waals surface area contributed by atoms with Gasteiger partial charge in [-0.15, -0.1) is 10.2 Å². The second-order valence-corrected chi connectivity index (χ2v) is 6.98. The van der Waals surface area contributed by atoms with Crippen LogP contribution in [0.1, 0.15) is 17.9 Å². The summed E-state index contributed by atoms with van der Waals surface area (Å²) < 4.78 is 11.0. The molecule has 3 aromatic heterocycles. The highest BCUT2D eigenvalue weighted by Crippen LogP contribution is 2.24. The molecule has 4 aromatic rings. The minimum absolute atomic E-state index is 0.538. The van der Waals surface area contributed by atoms with Gasteiger partial charge >= 0.3 is 0 Å². The van der Waals surface area contributed by atoms with Gasteiger partial charge in [0.1, 0.15) is 0 Å². The summed E-state index contributed by atoms with van der Waals surface area (Å²) >= 11 is 1.52. The largest absolute Gasteiger partial charge is 0.411 e. The third-order valence-corrected chi connectivity index (χ3v) is 4.78. The van der Waals surface area contributed by atoms with Gasteiger partial charge in [0.05, 0.1) is 0 Å². The first kappa shape index (κ1) is 17.4. The van der Waals surface area contributed by atoms with Crippen LogP contribution in [0.3, 0.4) is 0 Å². The van der Waals surface area contributed by atoms with E-state index in [1.165, 1.54) is 17.3 Å². The van der Waals surface area contributed by atoms with Crippen molar-refractivity contribution in [3.63, 3.8) is 0 Å². The second-order valence-electron chi connectivity index (χ2n) is 5.94. The molecule has 0 amide bonds. The van der Waals surface area contributed by atoms with Crippen LogP contribution in [0, 0.1) is 6.92 Å². The van der Waals surface area contributed by atoms with Crippen LogP contribution in [0.2, 0.25) is 0 Å². The topological polar surface area (TPSA) is 90.7 Å². The van der Waals surface area contributed by atoms with E-state index in [1.54, 1.807) is 12.4 Å². The van der Waals surface area contributed by atoms with Gasteiger partial charge in [0.2, 0.25) is 17.6 Å². The molecule has 4 rings (SSSR count). The monoisotopic (exact) mass is 379 g/mol. The number of aromatic nitrogens is 5. The average molecular weight is 379 g/mol. The lowest BCUT2D eigenvalue weighted by molar-refractivity contribution is 0.378. The van der Waals surface area contributed by atoms with E-state index in [9.17, 15) is 0 Å². The smallest absolute Gasteiger partial charge is 0.276 e. The lowest BCUT2D eigenvalue weighted by Gasteiger charge is -1.96. The molecule has 0 fully saturated rings. The van der Waals surface area contributed by atoms with Gasteiger partial charge in [-0.2, -0.15) is 4.98 Å². The van der Waals surface area contributed by atoms with Crippen molar-refractivity contribution in [3.8, 4) is 22.8 Å². The molecule has 0 spiro atoms. The lowest BCUT2D eigenvalue weighted by atomic mass is 10.1. The van der Waals surface area contributed by atoms with E-state index < -0.39 is 0 Å². The third-order valence-electron chi connectivity index (χ3n) is 3.87. The fourth-order valence-corrected chi connectivity index (χ4v) is 3.14. The minimum Gasteiger partial charge on any atom is -0.411 e. The van der Waals surface area contributed by atoms with Crippen LogP contribution in [0.4, 0.5) is 0 Å². The first-order chi connectivity index (χ1) is 13.3. The molecule has 7 nitrogen and oxygen atoms in total. The predicted molar refractivity (Wildman–Crippen MR) is 101 cm³/mol. The van der Waals surface area contributed by atoms with Gasteiger partial charge in [0.15, 0.2) is 0 Å². The van der Waals surface area contributed by atoms with Gasteiger partial charge in [-0.05, 0) is 37.6 Å². The molecular weight excluding hydrogens is 362 g/mol. The molecule has 3 heterocycles. The summed E-state index contributed by atoms with van der Waals surface area (Å²) in [7, 11) is 0. The zero-order chi connectivity index (χ0) is 18.5. The van der Waals surface area contributed by atoms with E-state index in [0.717, 1.165) is 23.3 Å².